The number of carbonyl (C=O) groups is 4. The van der Waals surface area contributed by atoms with Gasteiger partial charge in [-0.2, -0.15) is 0 Å². The molecule has 0 saturated heterocycles. The third-order valence-electron chi connectivity index (χ3n) is 5.60. The molecule has 9 nitrogen and oxygen atoms in total. The van der Waals surface area contributed by atoms with Gasteiger partial charge in [0.1, 0.15) is 13.2 Å². The molecule has 0 bridgehead atoms. The lowest BCUT2D eigenvalue weighted by molar-refractivity contribution is -0.155. The Kier molecular flexibility index (Phi) is 8.46. The van der Waals surface area contributed by atoms with Crippen LogP contribution in [0.4, 0.5) is 4.79 Å². The Morgan fingerprint density at radius 2 is 1.54 bits per heavy atom. The van der Waals surface area contributed by atoms with Crippen molar-refractivity contribution < 1.29 is 33.8 Å². The quantitative estimate of drug-likeness (QED) is 0.394. The number of hydrogen-bond donors (Lipinski definition) is 2. The van der Waals surface area contributed by atoms with Gasteiger partial charge in [0.25, 0.3) is 5.91 Å². The predicted molar refractivity (Wildman–Crippen MR) is 128 cm³/mol. The van der Waals surface area contributed by atoms with Crippen LogP contribution in [0.3, 0.4) is 0 Å². The number of rotatable bonds is 10. The minimum absolute atomic E-state index is 0.00553. The van der Waals surface area contributed by atoms with E-state index in [1.54, 1.807) is 20.8 Å². The van der Waals surface area contributed by atoms with Gasteiger partial charge in [-0.25, -0.2) is 9.59 Å². The lowest BCUT2D eigenvalue weighted by Gasteiger charge is -2.27. The Morgan fingerprint density at radius 3 is 2.06 bits per heavy atom. The van der Waals surface area contributed by atoms with E-state index in [1.165, 1.54) is 0 Å². The number of ether oxygens (including phenoxy) is 2. The summed E-state index contributed by atoms with van der Waals surface area (Å²) in [6.45, 7) is 4.63. The molecule has 2 aromatic rings. The number of nitrogens with zero attached hydrogens (tertiary/aromatic N) is 1. The summed E-state index contributed by atoms with van der Waals surface area (Å²) in [7, 11) is 0. The highest BCUT2D eigenvalue weighted by molar-refractivity contribution is 6.04. The number of hydrogen-bond acceptors (Lipinski definition) is 6. The molecule has 0 heterocycles. The molecule has 2 aromatic carbocycles. The van der Waals surface area contributed by atoms with E-state index in [2.05, 4.69) is 5.32 Å². The molecule has 0 radical (unpaired) electrons. The zero-order valence-corrected chi connectivity index (χ0v) is 20.0. The fraction of sp³-hybridized carbons (Fsp3) is 0.385. The molecular weight excluding hydrogens is 452 g/mol. The molecule has 186 valence electrons. The first-order valence-electron chi connectivity index (χ1n) is 11.5. The Bertz CT molecular complexity index is 1050. The van der Waals surface area contributed by atoms with E-state index in [0.717, 1.165) is 27.2 Å². The van der Waals surface area contributed by atoms with Crippen LogP contribution in [0.15, 0.2) is 48.5 Å². The lowest BCUT2D eigenvalue weighted by atomic mass is 9.98. The molecule has 0 saturated carbocycles. The monoisotopic (exact) mass is 482 g/mol. The van der Waals surface area contributed by atoms with E-state index >= 15 is 0 Å². The van der Waals surface area contributed by atoms with Gasteiger partial charge in [-0.05, 0) is 35.1 Å². The molecule has 0 spiro atoms. The maximum atomic E-state index is 13.0. The second-order valence-corrected chi connectivity index (χ2v) is 8.66. The zero-order chi connectivity index (χ0) is 25.5. The number of carboxylic acid groups (broad SMARTS) is 1. The van der Waals surface area contributed by atoms with Crippen LogP contribution in [0, 0.1) is 5.92 Å². The first-order valence-corrected chi connectivity index (χ1v) is 11.5. The third kappa shape index (κ3) is 6.17. The molecule has 1 aliphatic carbocycles. The Labute approximate surface area is 204 Å². The van der Waals surface area contributed by atoms with Crippen molar-refractivity contribution >= 4 is 23.9 Å². The highest BCUT2D eigenvalue weighted by Gasteiger charge is 2.36. The van der Waals surface area contributed by atoms with Gasteiger partial charge in [0.2, 0.25) is 6.04 Å². The van der Waals surface area contributed by atoms with Crippen molar-refractivity contribution in [3.05, 3.63) is 59.7 Å². The summed E-state index contributed by atoms with van der Waals surface area (Å²) >= 11 is 0. The molecule has 2 N–H and O–H groups in total. The fourth-order valence-electron chi connectivity index (χ4n) is 4.22. The smallest absolute Gasteiger partial charge is 0.408 e. The van der Waals surface area contributed by atoms with Crippen LogP contribution in [0.25, 0.3) is 11.1 Å². The van der Waals surface area contributed by atoms with Crippen molar-refractivity contribution in [3.63, 3.8) is 0 Å². The van der Waals surface area contributed by atoms with Crippen LogP contribution in [0.2, 0.25) is 0 Å². The molecule has 2 amide bonds. The maximum Gasteiger partial charge on any atom is 0.408 e. The van der Waals surface area contributed by atoms with Crippen molar-refractivity contribution in [3.8, 4) is 11.1 Å². The van der Waals surface area contributed by atoms with Crippen LogP contribution in [-0.2, 0) is 23.9 Å². The van der Waals surface area contributed by atoms with Crippen molar-refractivity contribution in [1.29, 1.82) is 0 Å². The SMILES string of the molecule is CCOC(=O)C(NC(=O)OCC1c2ccccc2-c2ccccc21)C(=O)N(CC(=O)O)CC(C)C. The van der Waals surface area contributed by atoms with E-state index in [4.69, 9.17) is 9.47 Å². The predicted octanol–water partition coefficient (Wildman–Crippen LogP) is 3.03. The van der Waals surface area contributed by atoms with Crippen LogP contribution in [0.1, 0.15) is 37.8 Å². The third-order valence-corrected chi connectivity index (χ3v) is 5.60. The summed E-state index contributed by atoms with van der Waals surface area (Å²) in [6.07, 6.45) is -0.974. The maximum absolute atomic E-state index is 13.0. The Morgan fingerprint density at radius 1 is 0.971 bits per heavy atom. The van der Waals surface area contributed by atoms with Gasteiger partial charge in [0.15, 0.2) is 0 Å². The number of esters is 1. The van der Waals surface area contributed by atoms with Crippen molar-refractivity contribution in [1.82, 2.24) is 10.2 Å². The van der Waals surface area contributed by atoms with Crippen molar-refractivity contribution in [2.45, 2.75) is 32.7 Å². The number of amides is 2. The first-order chi connectivity index (χ1) is 16.7. The fourth-order valence-corrected chi connectivity index (χ4v) is 4.22. The number of nitrogens with one attached hydrogen (secondary N) is 1. The first kappa shape index (κ1) is 25.7. The molecule has 1 unspecified atom stereocenters. The number of carboxylic acids is 1. The van der Waals surface area contributed by atoms with Gasteiger partial charge in [-0.15, -0.1) is 0 Å². The topological polar surface area (TPSA) is 122 Å². The van der Waals surface area contributed by atoms with E-state index in [0.29, 0.717) is 0 Å². The Hall–Kier alpha value is -3.88. The van der Waals surface area contributed by atoms with Gasteiger partial charge in [0.05, 0.1) is 6.61 Å². The summed E-state index contributed by atoms with van der Waals surface area (Å²) in [6, 6.07) is 14.0. The summed E-state index contributed by atoms with van der Waals surface area (Å²) in [4.78, 5) is 50.5. The highest BCUT2D eigenvalue weighted by atomic mass is 16.6. The van der Waals surface area contributed by atoms with Crippen LogP contribution in [-0.4, -0.2) is 66.3 Å². The number of carbonyl (C=O) groups excluding carboxylic acids is 3. The molecule has 0 aromatic heterocycles. The van der Waals surface area contributed by atoms with E-state index in [9.17, 15) is 24.3 Å². The second-order valence-electron chi connectivity index (χ2n) is 8.66. The molecule has 3 rings (SSSR count). The van der Waals surface area contributed by atoms with Gasteiger partial charge in [-0.3, -0.25) is 14.9 Å². The van der Waals surface area contributed by atoms with Crippen LogP contribution in [0.5, 0.6) is 0 Å². The number of aliphatic carboxylic acids is 1. The van der Waals surface area contributed by atoms with Crippen LogP contribution >= 0.6 is 0 Å². The summed E-state index contributed by atoms with van der Waals surface area (Å²) in [5, 5.41) is 11.5. The van der Waals surface area contributed by atoms with E-state index in [1.807, 2.05) is 48.5 Å². The van der Waals surface area contributed by atoms with E-state index in [-0.39, 0.29) is 31.6 Å². The Balaban J connectivity index is 1.74. The molecule has 0 aliphatic heterocycles. The molecule has 35 heavy (non-hydrogen) atoms. The van der Waals surface area contributed by atoms with Gasteiger partial charge < -0.3 is 19.5 Å². The summed E-state index contributed by atoms with van der Waals surface area (Å²) in [5.41, 5.74) is 4.16. The standard InChI is InChI=1S/C26H30N2O7/c1-4-34-25(32)23(24(31)28(13-16(2)3)14-22(29)30)27-26(33)35-15-21-19-11-7-5-9-17(19)18-10-6-8-12-20(18)21/h5-12,16,21,23H,4,13-15H2,1-3H3,(H,27,33)(H,29,30). The number of alkyl carbamates (subject to hydrolysis) is 1. The van der Waals surface area contributed by atoms with Crippen molar-refractivity contribution in [2.24, 2.45) is 5.92 Å². The minimum atomic E-state index is -1.72. The zero-order valence-electron chi connectivity index (χ0n) is 20.0. The van der Waals surface area contributed by atoms with Crippen molar-refractivity contribution in [2.75, 3.05) is 26.3 Å². The van der Waals surface area contributed by atoms with E-state index < -0.39 is 36.5 Å². The summed E-state index contributed by atoms with van der Waals surface area (Å²) < 4.78 is 10.4. The summed E-state index contributed by atoms with van der Waals surface area (Å²) in [5.74, 6) is -3.34. The van der Waals surface area contributed by atoms with Crippen LogP contribution < -0.4 is 5.32 Å². The van der Waals surface area contributed by atoms with Gasteiger partial charge >= 0.3 is 18.0 Å². The second kappa shape index (κ2) is 11.5. The lowest BCUT2D eigenvalue weighted by Crippen LogP contribution is -2.55. The number of fused-ring (bicyclic) bond motifs is 3. The largest absolute Gasteiger partial charge is 0.480 e. The number of benzene rings is 2. The molecule has 1 aliphatic rings. The van der Waals surface area contributed by atoms with Gasteiger partial charge in [0, 0.05) is 12.5 Å². The average Bonchev–Trinajstić information content (AvgIpc) is 3.13. The normalized spacial score (nSPS) is 12.9. The average molecular weight is 483 g/mol. The molecule has 9 heteroatoms. The molecular formula is C26H30N2O7. The molecule has 1 atom stereocenters. The highest BCUT2D eigenvalue weighted by Crippen LogP contribution is 2.44. The molecule has 0 fully saturated rings. The van der Waals surface area contributed by atoms with Gasteiger partial charge in [-0.1, -0.05) is 62.4 Å². The minimum Gasteiger partial charge on any atom is -0.480 e.